The Hall–Kier alpha value is -0.330. The largest absolute Gasteiger partial charge is 0.303 e. The zero-order chi connectivity index (χ0) is 15.7. The lowest BCUT2D eigenvalue weighted by Gasteiger charge is -2.60. The number of carbonyl (C=O) groups is 1. The molecule has 22 heavy (non-hydrogen) atoms. The Morgan fingerprint density at radius 2 is 1.91 bits per heavy atom. The SMILES string of the molecule is CCC12CCC(C)CC1CCC1C(CCC=O)C(C)CCC12. The van der Waals surface area contributed by atoms with Crippen LogP contribution in [-0.4, -0.2) is 6.29 Å². The summed E-state index contributed by atoms with van der Waals surface area (Å²) in [7, 11) is 0. The lowest BCUT2D eigenvalue weighted by atomic mass is 9.45. The second kappa shape index (κ2) is 6.65. The summed E-state index contributed by atoms with van der Waals surface area (Å²) in [4.78, 5) is 10.9. The molecule has 0 aromatic rings. The minimum Gasteiger partial charge on any atom is -0.303 e. The maximum atomic E-state index is 10.9. The third-order valence-electron chi connectivity index (χ3n) is 8.20. The first-order valence-corrected chi connectivity index (χ1v) is 10.1. The lowest BCUT2D eigenvalue weighted by Crippen LogP contribution is -2.52. The highest BCUT2D eigenvalue weighted by Crippen LogP contribution is 2.63. The summed E-state index contributed by atoms with van der Waals surface area (Å²) >= 11 is 0. The summed E-state index contributed by atoms with van der Waals surface area (Å²) in [5, 5.41) is 0. The minimum absolute atomic E-state index is 0.662. The van der Waals surface area contributed by atoms with Gasteiger partial charge in [0.2, 0.25) is 0 Å². The Morgan fingerprint density at radius 1 is 1.09 bits per heavy atom. The van der Waals surface area contributed by atoms with Gasteiger partial charge in [-0.05, 0) is 85.9 Å². The van der Waals surface area contributed by atoms with E-state index >= 15 is 0 Å². The van der Waals surface area contributed by atoms with Gasteiger partial charge in [0.25, 0.3) is 0 Å². The highest BCUT2D eigenvalue weighted by molar-refractivity contribution is 5.49. The van der Waals surface area contributed by atoms with Crippen molar-refractivity contribution in [1.29, 1.82) is 0 Å². The fourth-order valence-electron chi connectivity index (χ4n) is 7.05. The van der Waals surface area contributed by atoms with E-state index in [-0.39, 0.29) is 0 Å². The van der Waals surface area contributed by atoms with E-state index in [9.17, 15) is 4.79 Å². The highest BCUT2D eigenvalue weighted by atomic mass is 16.1. The van der Waals surface area contributed by atoms with Gasteiger partial charge in [-0.25, -0.2) is 0 Å². The first kappa shape index (κ1) is 16.5. The number of rotatable bonds is 4. The van der Waals surface area contributed by atoms with Crippen LogP contribution in [-0.2, 0) is 4.79 Å². The lowest BCUT2D eigenvalue weighted by molar-refractivity contribution is -0.114. The second-order valence-corrected chi connectivity index (χ2v) is 8.97. The maximum Gasteiger partial charge on any atom is 0.120 e. The topological polar surface area (TPSA) is 17.1 Å². The van der Waals surface area contributed by atoms with Crippen LogP contribution in [0.15, 0.2) is 0 Å². The van der Waals surface area contributed by atoms with E-state index in [4.69, 9.17) is 0 Å². The molecule has 3 aliphatic carbocycles. The number of carbonyl (C=O) groups excluding carboxylic acids is 1. The molecule has 7 unspecified atom stereocenters. The van der Waals surface area contributed by atoms with Crippen molar-refractivity contribution in [3.8, 4) is 0 Å². The second-order valence-electron chi connectivity index (χ2n) is 8.97. The predicted molar refractivity (Wildman–Crippen MR) is 92.6 cm³/mol. The molecular weight excluding hydrogens is 268 g/mol. The summed E-state index contributed by atoms with van der Waals surface area (Å²) in [6, 6.07) is 0. The van der Waals surface area contributed by atoms with Crippen LogP contribution in [0.1, 0.15) is 85.0 Å². The highest BCUT2D eigenvalue weighted by Gasteiger charge is 2.54. The van der Waals surface area contributed by atoms with Crippen LogP contribution in [0, 0.1) is 40.9 Å². The molecule has 0 bridgehead atoms. The van der Waals surface area contributed by atoms with Crippen molar-refractivity contribution in [2.75, 3.05) is 0 Å². The van der Waals surface area contributed by atoms with Gasteiger partial charge >= 0.3 is 0 Å². The van der Waals surface area contributed by atoms with E-state index in [2.05, 4.69) is 20.8 Å². The van der Waals surface area contributed by atoms with E-state index in [1.54, 1.807) is 0 Å². The summed E-state index contributed by atoms with van der Waals surface area (Å²) in [5.41, 5.74) is 0.662. The van der Waals surface area contributed by atoms with E-state index in [0.29, 0.717) is 5.41 Å². The van der Waals surface area contributed by atoms with Crippen LogP contribution < -0.4 is 0 Å². The Kier molecular flexibility index (Phi) is 5.00. The number of aldehydes is 1. The van der Waals surface area contributed by atoms with Gasteiger partial charge in [0.05, 0.1) is 0 Å². The monoisotopic (exact) mass is 304 g/mol. The average molecular weight is 305 g/mol. The van der Waals surface area contributed by atoms with Crippen LogP contribution in [0.5, 0.6) is 0 Å². The molecule has 0 aromatic heterocycles. The molecule has 126 valence electrons. The fraction of sp³-hybridized carbons (Fsp3) is 0.952. The molecule has 0 aliphatic heterocycles. The Bertz CT molecular complexity index is 389. The van der Waals surface area contributed by atoms with Crippen LogP contribution in [0.4, 0.5) is 0 Å². The smallest absolute Gasteiger partial charge is 0.120 e. The molecule has 0 spiro atoms. The molecule has 3 saturated carbocycles. The van der Waals surface area contributed by atoms with Gasteiger partial charge in [0.15, 0.2) is 0 Å². The van der Waals surface area contributed by atoms with E-state index < -0.39 is 0 Å². The van der Waals surface area contributed by atoms with E-state index in [1.165, 1.54) is 51.4 Å². The quantitative estimate of drug-likeness (QED) is 0.594. The Balaban J connectivity index is 1.83. The molecule has 0 amide bonds. The maximum absolute atomic E-state index is 10.9. The molecule has 0 radical (unpaired) electrons. The Labute approximate surface area is 137 Å². The zero-order valence-corrected chi connectivity index (χ0v) is 15.0. The van der Waals surface area contributed by atoms with Crippen LogP contribution in [0.3, 0.4) is 0 Å². The summed E-state index contributed by atoms with van der Waals surface area (Å²) < 4.78 is 0. The molecule has 3 rings (SSSR count). The molecule has 1 nitrogen and oxygen atoms in total. The van der Waals surface area contributed by atoms with Gasteiger partial charge in [-0.3, -0.25) is 0 Å². The standard InChI is InChI=1S/C21H36O/c1-4-21-12-11-15(2)14-17(21)8-9-19-18(6-5-13-22)16(3)7-10-20(19)21/h13,15-20H,4-12,14H2,1-3H3. The molecule has 0 saturated heterocycles. The molecule has 1 heteroatoms. The average Bonchev–Trinajstić information content (AvgIpc) is 2.53. The van der Waals surface area contributed by atoms with E-state index in [0.717, 1.165) is 54.6 Å². The van der Waals surface area contributed by atoms with Crippen molar-refractivity contribution >= 4 is 6.29 Å². The molecule has 3 aliphatic rings. The van der Waals surface area contributed by atoms with Gasteiger partial charge in [-0.1, -0.05) is 33.6 Å². The third kappa shape index (κ3) is 2.67. The molecule has 7 atom stereocenters. The van der Waals surface area contributed by atoms with Gasteiger partial charge < -0.3 is 4.79 Å². The van der Waals surface area contributed by atoms with Gasteiger partial charge in [0.1, 0.15) is 6.29 Å². The predicted octanol–water partition coefficient (Wildman–Crippen LogP) is 5.87. The molecule has 3 fully saturated rings. The zero-order valence-electron chi connectivity index (χ0n) is 15.0. The van der Waals surface area contributed by atoms with Crippen molar-refractivity contribution < 1.29 is 4.79 Å². The van der Waals surface area contributed by atoms with Crippen molar-refractivity contribution in [2.45, 2.75) is 85.0 Å². The first-order chi connectivity index (χ1) is 10.6. The Morgan fingerprint density at radius 3 is 2.64 bits per heavy atom. The summed E-state index contributed by atoms with van der Waals surface area (Å²) in [6.45, 7) is 7.41. The molecule has 0 N–H and O–H groups in total. The van der Waals surface area contributed by atoms with Gasteiger partial charge in [-0.2, -0.15) is 0 Å². The van der Waals surface area contributed by atoms with Crippen molar-refractivity contribution in [1.82, 2.24) is 0 Å². The number of hydrogen-bond acceptors (Lipinski definition) is 1. The van der Waals surface area contributed by atoms with Crippen LogP contribution >= 0.6 is 0 Å². The van der Waals surface area contributed by atoms with Crippen LogP contribution in [0.25, 0.3) is 0 Å². The number of hydrogen-bond donors (Lipinski definition) is 0. The normalized spacial score (nSPS) is 48.3. The van der Waals surface area contributed by atoms with Gasteiger partial charge in [0, 0.05) is 6.42 Å². The van der Waals surface area contributed by atoms with Crippen LogP contribution in [0.2, 0.25) is 0 Å². The fourth-order valence-corrected chi connectivity index (χ4v) is 7.05. The van der Waals surface area contributed by atoms with Crippen molar-refractivity contribution in [3.63, 3.8) is 0 Å². The molecule has 0 heterocycles. The summed E-state index contributed by atoms with van der Waals surface area (Å²) in [5.74, 6) is 5.52. The van der Waals surface area contributed by atoms with Crippen molar-refractivity contribution in [2.24, 2.45) is 40.9 Å². The van der Waals surface area contributed by atoms with Gasteiger partial charge in [-0.15, -0.1) is 0 Å². The summed E-state index contributed by atoms with van der Waals surface area (Å²) in [6.07, 6.45) is 14.8. The number of fused-ring (bicyclic) bond motifs is 3. The molecular formula is C21H36O. The minimum atomic E-state index is 0.662. The third-order valence-corrected chi connectivity index (χ3v) is 8.20. The van der Waals surface area contributed by atoms with E-state index in [1.807, 2.05) is 0 Å². The molecule has 0 aromatic carbocycles. The first-order valence-electron chi connectivity index (χ1n) is 10.1. The van der Waals surface area contributed by atoms with Crippen molar-refractivity contribution in [3.05, 3.63) is 0 Å².